The number of hydrogen-bond acceptors (Lipinski definition) is 2. The normalized spacial score (nSPS) is 12.9. The molecule has 0 fully saturated rings. The van der Waals surface area contributed by atoms with Crippen LogP contribution in [-0.4, -0.2) is 17.3 Å². The van der Waals surface area contributed by atoms with Crippen LogP contribution in [0.4, 0.5) is 0 Å². The van der Waals surface area contributed by atoms with Crippen molar-refractivity contribution in [2.45, 2.75) is 18.7 Å². The van der Waals surface area contributed by atoms with Crippen molar-refractivity contribution in [1.29, 1.82) is 0 Å². The van der Waals surface area contributed by atoms with Crippen molar-refractivity contribution in [2.24, 2.45) is 5.92 Å². The largest absolute Gasteiger partial charge is 0.440 e. The Hall–Kier alpha value is -0.480. The molecule has 1 aromatic rings. The number of furan rings is 1. The summed E-state index contributed by atoms with van der Waals surface area (Å²) in [6.45, 7) is 4.72. The Labute approximate surface area is 102 Å². The summed E-state index contributed by atoms with van der Waals surface area (Å²) in [6, 6.07) is 3.10. The third kappa shape index (κ3) is 3.87. The molecule has 3 nitrogen and oxygen atoms in total. The zero-order chi connectivity index (χ0) is 11.4. The highest BCUT2D eigenvalue weighted by Crippen LogP contribution is 2.14. The van der Waals surface area contributed by atoms with Crippen molar-refractivity contribution in [1.82, 2.24) is 5.32 Å². The molecule has 1 heterocycles. The van der Waals surface area contributed by atoms with E-state index in [0.29, 0.717) is 12.5 Å². The topological polar surface area (TPSA) is 42.2 Å². The molecule has 0 bridgehead atoms. The highest BCUT2D eigenvalue weighted by Gasteiger charge is 2.13. The average Bonchev–Trinajstić information content (AvgIpc) is 2.60. The van der Waals surface area contributed by atoms with E-state index in [4.69, 9.17) is 16.0 Å². The number of carbonyl (C=O) groups is 1. The molecule has 0 radical (unpaired) electrons. The van der Waals surface area contributed by atoms with Crippen LogP contribution in [-0.2, 0) is 0 Å². The summed E-state index contributed by atoms with van der Waals surface area (Å²) in [4.78, 5) is 11.8. The molecule has 1 atom stereocenters. The molecule has 0 aliphatic carbocycles. The lowest BCUT2D eigenvalue weighted by atomic mass is 10.1. The van der Waals surface area contributed by atoms with E-state index < -0.39 is 0 Å². The van der Waals surface area contributed by atoms with E-state index in [0.717, 1.165) is 0 Å². The first-order chi connectivity index (χ1) is 7.00. The second-order valence-electron chi connectivity index (χ2n) is 3.57. The fourth-order valence-electron chi connectivity index (χ4n) is 0.949. The zero-order valence-corrected chi connectivity index (χ0v) is 10.9. The Balaban J connectivity index is 2.43. The smallest absolute Gasteiger partial charge is 0.287 e. The van der Waals surface area contributed by atoms with Gasteiger partial charge in [-0.05, 0) is 29.7 Å². The van der Waals surface area contributed by atoms with Gasteiger partial charge in [0.2, 0.25) is 0 Å². The minimum atomic E-state index is -0.244. The summed E-state index contributed by atoms with van der Waals surface area (Å²) < 4.78 is 4.98. The summed E-state index contributed by atoms with van der Waals surface area (Å²) in [5.74, 6) is 0.459. The Bertz CT molecular complexity index is 338. The minimum absolute atomic E-state index is 0.222. The molecule has 0 saturated carbocycles. The van der Waals surface area contributed by atoms with Crippen LogP contribution in [0.2, 0.25) is 5.22 Å². The maximum atomic E-state index is 11.5. The van der Waals surface area contributed by atoms with E-state index in [9.17, 15) is 4.79 Å². The molecule has 0 aliphatic heterocycles. The van der Waals surface area contributed by atoms with Crippen LogP contribution in [0.3, 0.4) is 0 Å². The van der Waals surface area contributed by atoms with Gasteiger partial charge in [-0.1, -0.05) is 29.8 Å². The van der Waals surface area contributed by atoms with Crippen LogP contribution in [0.1, 0.15) is 24.4 Å². The number of amides is 1. The van der Waals surface area contributed by atoms with Gasteiger partial charge in [-0.2, -0.15) is 0 Å². The fourth-order valence-corrected chi connectivity index (χ4v) is 1.26. The molecular formula is C10H13BrClNO2. The zero-order valence-electron chi connectivity index (χ0n) is 8.59. The number of nitrogens with one attached hydrogen (secondary N) is 1. The lowest BCUT2D eigenvalue weighted by molar-refractivity contribution is 0.0925. The van der Waals surface area contributed by atoms with Gasteiger partial charge in [-0.25, -0.2) is 0 Å². The number of alkyl halides is 1. The van der Waals surface area contributed by atoms with E-state index in [2.05, 4.69) is 35.1 Å². The van der Waals surface area contributed by atoms with Gasteiger partial charge in [0.05, 0.1) is 0 Å². The van der Waals surface area contributed by atoms with Crippen molar-refractivity contribution in [3.05, 3.63) is 23.1 Å². The van der Waals surface area contributed by atoms with E-state index in [1.807, 2.05) is 0 Å². The van der Waals surface area contributed by atoms with Gasteiger partial charge in [0.15, 0.2) is 11.0 Å². The molecule has 15 heavy (non-hydrogen) atoms. The van der Waals surface area contributed by atoms with Crippen molar-refractivity contribution in [3.8, 4) is 0 Å². The molecular weight excluding hydrogens is 281 g/mol. The van der Waals surface area contributed by atoms with Gasteiger partial charge in [0, 0.05) is 11.4 Å². The molecule has 1 unspecified atom stereocenters. The first-order valence-electron chi connectivity index (χ1n) is 4.68. The molecule has 5 heteroatoms. The van der Waals surface area contributed by atoms with Crippen LogP contribution >= 0.6 is 27.5 Å². The Morgan fingerprint density at radius 3 is 2.73 bits per heavy atom. The molecule has 84 valence electrons. The third-order valence-corrected chi connectivity index (χ3v) is 3.56. The standard InChI is InChI=1S/C10H13BrClNO2/c1-6(2)7(11)5-13-10(14)8-3-4-9(12)15-8/h3-4,6-7H,5H2,1-2H3,(H,13,14). The molecule has 0 spiro atoms. The fraction of sp³-hybridized carbons (Fsp3) is 0.500. The number of hydrogen-bond donors (Lipinski definition) is 1. The van der Waals surface area contributed by atoms with E-state index >= 15 is 0 Å². The maximum absolute atomic E-state index is 11.5. The SMILES string of the molecule is CC(C)C(Br)CNC(=O)c1ccc(Cl)o1. The number of rotatable bonds is 4. The van der Waals surface area contributed by atoms with Crippen LogP contribution in [0.15, 0.2) is 16.5 Å². The second-order valence-corrected chi connectivity index (χ2v) is 5.12. The summed E-state index contributed by atoms with van der Waals surface area (Å²) >= 11 is 9.04. The Morgan fingerprint density at radius 2 is 2.27 bits per heavy atom. The Morgan fingerprint density at radius 1 is 1.60 bits per heavy atom. The van der Waals surface area contributed by atoms with Gasteiger partial charge < -0.3 is 9.73 Å². The van der Waals surface area contributed by atoms with Crippen LogP contribution in [0, 0.1) is 5.92 Å². The molecule has 0 saturated heterocycles. The predicted octanol–water partition coefficient (Wildman–Crippen LogP) is 3.08. The quantitative estimate of drug-likeness (QED) is 0.867. The van der Waals surface area contributed by atoms with Crippen LogP contribution in [0.25, 0.3) is 0 Å². The Kier molecular flexibility index (Phi) is 4.67. The second kappa shape index (κ2) is 5.56. The third-order valence-electron chi connectivity index (χ3n) is 1.98. The van der Waals surface area contributed by atoms with Gasteiger partial charge in [0.1, 0.15) is 0 Å². The maximum Gasteiger partial charge on any atom is 0.287 e. The van der Waals surface area contributed by atoms with Crippen molar-refractivity contribution in [2.75, 3.05) is 6.54 Å². The molecule has 1 rings (SSSR count). The minimum Gasteiger partial charge on any atom is -0.440 e. The molecule has 0 aromatic carbocycles. The van der Waals surface area contributed by atoms with Crippen molar-refractivity contribution >= 4 is 33.4 Å². The van der Waals surface area contributed by atoms with Gasteiger partial charge in [-0.15, -0.1) is 0 Å². The lowest BCUT2D eigenvalue weighted by Gasteiger charge is -2.13. The van der Waals surface area contributed by atoms with Crippen LogP contribution in [0.5, 0.6) is 0 Å². The summed E-state index contributed by atoms with van der Waals surface area (Å²) in [6.07, 6.45) is 0. The highest BCUT2D eigenvalue weighted by molar-refractivity contribution is 9.09. The first kappa shape index (κ1) is 12.6. The molecule has 1 aromatic heterocycles. The molecule has 0 aliphatic rings. The van der Waals surface area contributed by atoms with E-state index in [-0.39, 0.29) is 21.7 Å². The van der Waals surface area contributed by atoms with Crippen LogP contribution < -0.4 is 5.32 Å². The van der Waals surface area contributed by atoms with Gasteiger partial charge in [0.25, 0.3) is 5.91 Å². The number of halogens is 2. The summed E-state index contributed by atoms with van der Waals surface area (Å²) in [5, 5.41) is 2.98. The predicted molar refractivity (Wildman–Crippen MR) is 63.6 cm³/mol. The molecule has 1 amide bonds. The summed E-state index contributed by atoms with van der Waals surface area (Å²) in [5.41, 5.74) is 0. The van der Waals surface area contributed by atoms with E-state index in [1.54, 1.807) is 12.1 Å². The average molecular weight is 295 g/mol. The highest BCUT2D eigenvalue weighted by atomic mass is 79.9. The van der Waals surface area contributed by atoms with Crippen molar-refractivity contribution in [3.63, 3.8) is 0 Å². The molecule has 1 N–H and O–H groups in total. The van der Waals surface area contributed by atoms with E-state index in [1.165, 1.54) is 0 Å². The van der Waals surface area contributed by atoms with Gasteiger partial charge >= 0.3 is 0 Å². The van der Waals surface area contributed by atoms with Gasteiger partial charge in [-0.3, -0.25) is 4.79 Å². The van der Waals surface area contributed by atoms with Crippen molar-refractivity contribution < 1.29 is 9.21 Å². The lowest BCUT2D eigenvalue weighted by Crippen LogP contribution is -2.31. The summed E-state index contributed by atoms with van der Waals surface area (Å²) in [7, 11) is 0. The monoisotopic (exact) mass is 293 g/mol. The number of carbonyl (C=O) groups excluding carboxylic acids is 1. The first-order valence-corrected chi connectivity index (χ1v) is 5.97.